The lowest BCUT2D eigenvalue weighted by molar-refractivity contribution is -0.126. The van der Waals surface area contributed by atoms with Gasteiger partial charge in [-0.3, -0.25) is 4.79 Å². The van der Waals surface area contributed by atoms with Crippen LogP contribution in [0, 0.1) is 0 Å². The van der Waals surface area contributed by atoms with Gasteiger partial charge in [-0.1, -0.05) is 13.0 Å². The van der Waals surface area contributed by atoms with Gasteiger partial charge in [0.25, 0.3) is 0 Å². The molecule has 0 spiro atoms. The van der Waals surface area contributed by atoms with E-state index in [-0.39, 0.29) is 5.91 Å². The SMILES string of the molecule is CCC=CC(=O)N1CCN(c2nc(N)c3cc(OC)c(OC)cc3n2)CC1. The van der Waals surface area contributed by atoms with Gasteiger partial charge in [-0.25, -0.2) is 4.98 Å². The summed E-state index contributed by atoms with van der Waals surface area (Å²) in [5.74, 6) is 2.17. The van der Waals surface area contributed by atoms with Crippen molar-refractivity contribution >= 4 is 28.6 Å². The van der Waals surface area contributed by atoms with Crippen molar-refractivity contribution in [1.82, 2.24) is 14.9 Å². The van der Waals surface area contributed by atoms with Gasteiger partial charge in [-0.2, -0.15) is 4.98 Å². The van der Waals surface area contributed by atoms with Crippen molar-refractivity contribution in [3.63, 3.8) is 0 Å². The zero-order valence-electron chi connectivity index (χ0n) is 15.9. The number of anilines is 2. The fraction of sp³-hybridized carbons (Fsp3) is 0.421. The van der Waals surface area contributed by atoms with Crippen LogP contribution < -0.4 is 20.1 Å². The minimum Gasteiger partial charge on any atom is -0.493 e. The number of piperazine rings is 1. The first-order valence-electron chi connectivity index (χ1n) is 8.97. The van der Waals surface area contributed by atoms with Crippen LogP contribution >= 0.6 is 0 Å². The predicted molar refractivity (Wildman–Crippen MR) is 105 cm³/mol. The topological polar surface area (TPSA) is 93.8 Å². The molecule has 8 nitrogen and oxygen atoms in total. The first kappa shape index (κ1) is 18.8. The lowest BCUT2D eigenvalue weighted by Gasteiger charge is -2.34. The number of methoxy groups -OCH3 is 2. The molecule has 1 aromatic carbocycles. The molecule has 27 heavy (non-hydrogen) atoms. The number of ether oxygens (including phenoxy) is 2. The molecule has 3 rings (SSSR count). The Kier molecular flexibility index (Phi) is 5.63. The number of carbonyl (C=O) groups excluding carboxylic acids is 1. The minimum absolute atomic E-state index is 0.0484. The molecule has 144 valence electrons. The molecule has 0 atom stereocenters. The van der Waals surface area contributed by atoms with Crippen molar-refractivity contribution < 1.29 is 14.3 Å². The molecule has 1 amide bonds. The number of amides is 1. The Balaban J connectivity index is 1.82. The smallest absolute Gasteiger partial charge is 0.246 e. The molecule has 1 fully saturated rings. The summed E-state index contributed by atoms with van der Waals surface area (Å²) < 4.78 is 10.7. The first-order chi connectivity index (χ1) is 13.1. The maximum atomic E-state index is 12.1. The third-order valence-corrected chi connectivity index (χ3v) is 4.59. The van der Waals surface area contributed by atoms with Gasteiger partial charge in [0.15, 0.2) is 11.5 Å². The van der Waals surface area contributed by atoms with Crippen molar-refractivity contribution in [1.29, 1.82) is 0 Å². The van der Waals surface area contributed by atoms with Crippen molar-refractivity contribution in [2.45, 2.75) is 13.3 Å². The Hall–Kier alpha value is -3.03. The molecule has 0 radical (unpaired) electrons. The maximum Gasteiger partial charge on any atom is 0.246 e. The molecule has 0 aliphatic carbocycles. The summed E-state index contributed by atoms with van der Waals surface area (Å²) in [6.45, 7) is 4.57. The summed E-state index contributed by atoms with van der Waals surface area (Å²) >= 11 is 0. The second-order valence-corrected chi connectivity index (χ2v) is 6.26. The lowest BCUT2D eigenvalue weighted by Crippen LogP contribution is -2.48. The van der Waals surface area contributed by atoms with Crippen LogP contribution in [0.2, 0.25) is 0 Å². The van der Waals surface area contributed by atoms with Gasteiger partial charge in [0.2, 0.25) is 11.9 Å². The highest BCUT2D eigenvalue weighted by Gasteiger charge is 2.22. The standard InChI is InChI=1S/C19H25N5O3/c1-4-5-6-17(25)23-7-9-24(10-8-23)19-21-14-12-16(27-3)15(26-2)11-13(14)18(20)22-19/h5-6,11-12H,4,7-10H2,1-3H3,(H2,20,21,22). The van der Waals surface area contributed by atoms with E-state index < -0.39 is 0 Å². The van der Waals surface area contributed by atoms with Gasteiger partial charge in [-0.15, -0.1) is 0 Å². The van der Waals surface area contributed by atoms with Crippen LogP contribution in [0.25, 0.3) is 10.9 Å². The number of hydrogen-bond donors (Lipinski definition) is 1. The van der Waals surface area contributed by atoms with Gasteiger partial charge >= 0.3 is 0 Å². The Bertz CT molecular complexity index is 860. The first-order valence-corrected chi connectivity index (χ1v) is 8.97. The average Bonchev–Trinajstić information content (AvgIpc) is 2.71. The number of nitrogen functional groups attached to an aromatic ring is 1. The summed E-state index contributed by atoms with van der Waals surface area (Å²) in [7, 11) is 3.16. The third-order valence-electron chi connectivity index (χ3n) is 4.59. The van der Waals surface area contributed by atoms with E-state index in [1.807, 2.05) is 22.8 Å². The van der Waals surface area contributed by atoms with Gasteiger partial charge in [0.1, 0.15) is 5.82 Å². The molecule has 1 aliphatic rings. The summed E-state index contributed by atoms with van der Waals surface area (Å²) in [5.41, 5.74) is 6.86. The Labute approximate surface area is 158 Å². The number of rotatable bonds is 5. The highest BCUT2D eigenvalue weighted by atomic mass is 16.5. The van der Waals surface area contributed by atoms with E-state index in [2.05, 4.69) is 9.97 Å². The van der Waals surface area contributed by atoms with Crippen LogP contribution in [0.3, 0.4) is 0 Å². The summed E-state index contributed by atoms with van der Waals surface area (Å²) in [6, 6.07) is 3.58. The molecule has 0 saturated carbocycles. The van der Waals surface area contributed by atoms with Crippen LogP contribution in [-0.4, -0.2) is 61.2 Å². The molecule has 1 aliphatic heterocycles. The van der Waals surface area contributed by atoms with Gasteiger partial charge in [0.05, 0.1) is 19.7 Å². The molecule has 1 aromatic heterocycles. The van der Waals surface area contributed by atoms with Gasteiger partial charge in [-0.05, 0) is 18.6 Å². The number of aromatic nitrogens is 2. The fourth-order valence-electron chi connectivity index (χ4n) is 3.06. The zero-order valence-corrected chi connectivity index (χ0v) is 15.9. The largest absolute Gasteiger partial charge is 0.493 e. The van der Waals surface area contributed by atoms with E-state index in [9.17, 15) is 4.79 Å². The van der Waals surface area contributed by atoms with Crippen molar-refractivity contribution in [2.24, 2.45) is 0 Å². The van der Waals surface area contributed by atoms with Crippen LogP contribution in [-0.2, 0) is 4.79 Å². The highest BCUT2D eigenvalue weighted by molar-refractivity contribution is 5.92. The fourth-order valence-corrected chi connectivity index (χ4v) is 3.06. The molecule has 8 heteroatoms. The Morgan fingerprint density at radius 2 is 1.81 bits per heavy atom. The molecular formula is C19H25N5O3. The quantitative estimate of drug-likeness (QED) is 0.802. The number of nitrogens with two attached hydrogens (primary N) is 1. The normalized spacial score (nSPS) is 14.8. The average molecular weight is 371 g/mol. The van der Waals surface area contributed by atoms with E-state index in [1.54, 1.807) is 32.4 Å². The van der Waals surface area contributed by atoms with E-state index in [0.29, 0.717) is 55.0 Å². The Morgan fingerprint density at radius 3 is 2.44 bits per heavy atom. The number of allylic oxidation sites excluding steroid dienone is 1. The van der Waals surface area contributed by atoms with E-state index in [4.69, 9.17) is 15.2 Å². The zero-order chi connectivity index (χ0) is 19.4. The highest BCUT2D eigenvalue weighted by Crippen LogP contribution is 2.34. The molecule has 0 bridgehead atoms. The summed E-state index contributed by atoms with van der Waals surface area (Å²) in [4.78, 5) is 25.1. The molecule has 2 heterocycles. The molecule has 2 aromatic rings. The van der Waals surface area contributed by atoms with Crippen LogP contribution in [0.15, 0.2) is 24.3 Å². The second-order valence-electron chi connectivity index (χ2n) is 6.26. The molecule has 2 N–H and O–H groups in total. The third kappa shape index (κ3) is 3.89. The van der Waals surface area contributed by atoms with Gasteiger partial charge in [0, 0.05) is 37.6 Å². The Morgan fingerprint density at radius 1 is 1.15 bits per heavy atom. The van der Waals surface area contributed by atoms with Gasteiger partial charge < -0.3 is 25.0 Å². The monoisotopic (exact) mass is 371 g/mol. The molecular weight excluding hydrogens is 346 g/mol. The van der Waals surface area contributed by atoms with Crippen molar-refractivity contribution in [2.75, 3.05) is 51.0 Å². The summed E-state index contributed by atoms with van der Waals surface area (Å²) in [5, 5.41) is 0.718. The number of benzene rings is 1. The van der Waals surface area contributed by atoms with Crippen LogP contribution in [0.4, 0.5) is 11.8 Å². The summed E-state index contributed by atoms with van der Waals surface area (Å²) in [6.07, 6.45) is 4.37. The van der Waals surface area contributed by atoms with E-state index in [1.165, 1.54) is 0 Å². The second kappa shape index (κ2) is 8.11. The van der Waals surface area contributed by atoms with Crippen LogP contribution in [0.5, 0.6) is 11.5 Å². The number of carbonyl (C=O) groups is 1. The van der Waals surface area contributed by atoms with E-state index >= 15 is 0 Å². The number of fused-ring (bicyclic) bond motifs is 1. The molecule has 1 saturated heterocycles. The predicted octanol–water partition coefficient (Wildman–Crippen LogP) is 1.84. The number of nitrogens with zero attached hydrogens (tertiary/aromatic N) is 4. The minimum atomic E-state index is 0.0484. The lowest BCUT2D eigenvalue weighted by atomic mass is 10.2. The maximum absolute atomic E-state index is 12.1. The van der Waals surface area contributed by atoms with Crippen molar-refractivity contribution in [3.8, 4) is 11.5 Å². The molecule has 0 unspecified atom stereocenters. The van der Waals surface area contributed by atoms with Crippen molar-refractivity contribution in [3.05, 3.63) is 24.3 Å². The number of hydrogen-bond acceptors (Lipinski definition) is 7. The van der Waals surface area contributed by atoms with Crippen LogP contribution in [0.1, 0.15) is 13.3 Å². The van der Waals surface area contributed by atoms with E-state index in [0.717, 1.165) is 11.8 Å².